The molecule has 0 radical (unpaired) electrons. The lowest BCUT2D eigenvalue weighted by molar-refractivity contribution is -0.0143. The van der Waals surface area contributed by atoms with Crippen molar-refractivity contribution in [2.24, 2.45) is 23.7 Å². The molecular formula is C24H26Cl2FNO. The molecule has 154 valence electrons. The molecular weight excluding hydrogens is 408 g/mol. The fourth-order valence-electron chi connectivity index (χ4n) is 6.13. The van der Waals surface area contributed by atoms with Gasteiger partial charge >= 0.3 is 0 Å². The van der Waals surface area contributed by atoms with E-state index in [-0.39, 0.29) is 12.4 Å². The van der Waals surface area contributed by atoms with Gasteiger partial charge in [-0.05, 0) is 86.1 Å². The van der Waals surface area contributed by atoms with Crippen LogP contribution in [-0.4, -0.2) is 6.04 Å². The van der Waals surface area contributed by atoms with Crippen molar-refractivity contribution in [1.29, 1.82) is 0 Å². The zero-order valence-corrected chi connectivity index (χ0v) is 17.9. The van der Waals surface area contributed by atoms with Crippen LogP contribution in [0.3, 0.4) is 0 Å². The van der Waals surface area contributed by atoms with Gasteiger partial charge in [0.05, 0.1) is 5.02 Å². The van der Waals surface area contributed by atoms with Crippen LogP contribution in [0.2, 0.25) is 10.0 Å². The van der Waals surface area contributed by atoms with Gasteiger partial charge in [0, 0.05) is 28.7 Å². The number of nitrogens with one attached hydrogen (secondary N) is 1. The van der Waals surface area contributed by atoms with Gasteiger partial charge in [0.2, 0.25) is 0 Å². The molecule has 0 aliphatic heterocycles. The number of hydrogen-bond donors (Lipinski definition) is 1. The van der Waals surface area contributed by atoms with Crippen molar-refractivity contribution >= 4 is 23.2 Å². The first-order valence-corrected chi connectivity index (χ1v) is 11.4. The summed E-state index contributed by atoms with van der Waals surface area (Å²) in [6.07, 6.45) is 7.00. The minimum atomic E-state index is -0.347. The molecule has 4 aliphatic rings. The van der Waals surface area contributed by atoms with Crippen molar-refractivity contribution < 1.29 is 9.13 Å². The maximum absolute atomic E-state index is 14.1. The molecule has 6 rings (SSSR count). The Labute approximate surface area is 181 Å². The zero-order valence-electron chi connectivity index (χ0n) is 16.3. The van der Waals surface area contributed by atoms with Crippen LogP contribution >= 0.6 is 23.2 Å². The Hall–Kier alpha value is -1.29. The fourth-order valence-corrected chi connectivity index (χ4v) is 6.55. The Morgan fingerprint density at radius 1 is 0.966 bits per heavy atom. The average Bonchev–Trinajstić information content (AvgIpc) is 2.68. The van der Waals surface area contributed by atoms with Crippen molar-refractivity contribution in [3.8, 4) is 5.75 Å². The van der Waals surface area contributed by atoms with Crippen molar-refractivity contribution in [3.63, 3.8) is 0 Å². The topological polar surface area (TPSA) is 21.3 Å². The Morgan fingerprint density at radius 3 is 2.38 bits per heavy atom. The summed E-state index contributed by atoms with van der Waals surface area (Å²) in [5, 5.41) is 4.90. The molecule has 5 heteroatoms. The molecule has 4 fully saturated rings. The molecule has 4 bridgehead atoms. The highest BCUT2D eigenvalue weighted by atomic mass is 35.5. The lowest BCUT2D eigenvalue weighted by Gasteiger charge is -2.54. The molecule has 0 atom stereocenters. The summed E-state index contributed by atoms with van der Waals surface area (Å²) in [5.74, 6) is 3.93. The highest BCUT2D eigenvalue weighted by Crippen LogP contribution is 2.53. The van der Waals surface area contributed by atoms with Gasteiger partial charge in [0.25, 0.3) is 0 Å². The minimum Gasteiger partial charge on any atom is -0.488 e. The molecule has 2 aromatic carbocycles. The number of halogens is 3. The van der Waals surface area contributed by atoms with Crippen LogP contribution in [0.5, 0.6) is 5.75 Å². The lowest BCUT2D eigenvalue weighted by atomic mass is 9.54. The number of rotatable bonds is 6. The van der Waals surface area contributed by atoms with Crippen LogP contribution in [0.25, 0.3) is 0 Å². The van der Waals surface area contributed by atoms with Gasteiger partial charge < -0.3 is 10.1 Å². The molecule has 0 amide bonds. The maximum Gasteiger partial charge on any atom is 0.131 e. The maximum atomic E-state index is 14.1. The highest BCUT2D eigenvalue weighted by molar-refractivity contribution is 6.31. The van der Waals surface area contributed by atoms with Gasteiger partial charge in [0.15, 0.2) is 0 Å². The molecule has 0 heterocycles. The first-order chi connectivity index (χ1) is 14.1. The predicted octanol–water partition coefficient (Wildman–Crippen LogP) is 6.63. The summed E-state index contributed by atoms with van der Waals surface area (Å²) in [6.45, 7) is 0.812. The molecule has 2 aromatic rings. The van der Waals surface area contributed by atoms with E-state index in [1.54, 1.807) is 12.1 Å². The normalized spacial score (nSPS) is 30.0. The Kier molecular flexibility index (Phi) is 5.49. The van der Waals surface area contributed by atoms with Crippen LogP contribution in [-0.2, 0) is 13.2 Å². The van der Waals surface area contributed by atoms with E-state index in [1.807, 2.05) is 18.2 Å². The summed E-state index contributed by atoms with van der Waals surface area (Å²) < 4.78 is 20.1. The van der Waals surface area contributed by atoms with Crippen LogP contribution < -0.4 is 10.1 Å². The Morgan fingerprint density at radius 2 is 1.69 bits per heavy atom. The van der Waals surface area contributed by atoms with Crippen molar-refractivity contribution in [2.45, 2.75) is 51.3 Å². The standard InChI is InChI=1S/C24H26Cl2FNO/c25-19-4-5-23(29-13-20-21(26)2-1-3-22(20)27)18(11-19)12-28-24-16-7-14-6-15(9-16)10-17(24)8-14/h1-5,11,14-17,24,28H,6-10,12-13H2. The van der Waals surface area contributed by atoms with Crippen LogP contribution in [0.15, 0.2) is 36.4 Å². The number of ether oxygens (including phenoxy) is 1. The van der Waals surface area contributed by atoms with Gasteiger partial charge in [0.1, 0.15) is 18.2 Å². The molecule has 4 aliphatic carbocycles. The Balaban J connectivity index is 1.28. The van der Waals surface area contributed by atoms with E-state index in [2.05, 4.69) is 5.32 Å². The van der Waals surface area contributed by atoms with E-state index in [0.717, 1.165) is 35.0 Å². The van der Waals surface area contributed by atoms with E-state index in [4.69, 9.17) is 27.9 Å². The second kappa shape index (κ2) is 8.09. The molecule has 0 saturated heterocycles. The third-order valence-electron chi connectivity index (χ3n) is 7.21. The largest absolute Gasteiger partial charge is 0.488 e. The van der Waals surface area contributed by atoms with Gasteiger partial charge in [-0.25, -0.2) is 4.39 Å². The van der Waals surface area contributed by atoms with E-state index in [9.17, 15) is 4.39 Å². The summed E-state index contributed by atoms with van der Waals surface area (Å²) in [6, 6.07) is 10.9. The fraction of sp³-hybridized carbons (Fsp3) is 0.500. The monoisotopic (exact) mass is 433 g/mol. The Bertz CT molecular complexity index is 854. The van der Waals surface area contributed by atoms with Crippen molar-refractivity contribution in [3.05, 3.63) is 63.4 Å². The van der Waals surface area contributed by atoms with Gasteiger partial charge in [-0.1, -0.05) is 29.3 Å². The van der Waals surface area contributed by atoms with Gasteiger partial charge in [-0.3, -0.25) is 0 Å². The van der Waals surface area contributed by atoms with E-state index < -0.39 is 0 Å². The summed E-state index contributed by atoms with van der Waals surface area (Å²) in [7, 11) is 0. The predicted molar refractivity (Wildman–Crippen MR) is 115 cm³/mol. The van der Waals surface area contributed by atoms with E-state index in [1.165, 1.54) is 38.2 Å². The quantitative estimate of drug-likeness (QED) is 0.551. The zero-order chi connectivity index (χ0) is 20.0. The second-order valence-electron chi connectivity index (χ2n) is 9.08. The van der Waals surface area contributed by atoms with Crippen molar-refractivity contribution in [1.82, 2.24) is 5.32 Å². The van der Waals surface area contributed by atoms with E-state index in [0.29, 0.717) is 28.2 Å². The number of hydrogen-bond acceptors (Lipinski definition) is 2. The smallest absolute Gasteiger partial charge is 0.131 e. The molecule has 1 N–H and O–H groups in total. The summed E-state index contributed by atoms with van der Waals surface area (Å²) in [5.41, 5.74) is 1.39. The molecule has 0 aromatic heterocycles. The first kappa shape index (κ1) is 19.7. The van der Waals surface area contributed by atoms with Crippen LogP contribution in [0, 0.1) is 29.5 Å². The summed E-state index contributed by atoms with van der Waals surface area (Å²) in [4.78, 5) is 0. The van der Waals surface area contributed by atoms with Crippen LogP contribution in [0.4, 0.5) is 4.39 Å². The van der Waals surface area contributed by atoms with Crippen LogP contribution in [0.1, 0.15) is 43.2 Å². The van der Waals surface area contributed by atoms with Crippen molar-refractivity contribution in [2.75, 3.05) is 0 Å². The van der Waals surface area contributed by atoms with E-state index >= 15 is 0 Å². The summed E-state index contributed by atoms with van der Waals surface area (Å²) >= 11 is 12.4. The first-order valence-electron chi connectivity index (χ1n) is 10.6. The molecule has 4 saturated carbocycles. The molecule has 29 heavy (non-hydrogen) atoms. The second-order valence-corrected chi connectivity index (χ2v) is 9.92. The third kappa shape index (κ3) is 4.02. The third-order valence-corrected chi connectivity index (χ3v) is 7.80. The highest BCUT2D eigenvalue weighted by Gasteiger charge is 2.47. The lowest BCUT2D eigenvalue weighted by Crippen LogP contribution is -2.54. The minimum absolute atomic E-state index is 0.0954. The number of benzene rings is 2. The average molecular weight is 434 g/mol. The molecule has 0 unspecified atom stereocenters. The van der Waals surface area contributed by atoms with Gasteiger partial charge in [-0.2, -0.15) is 0 Å². The van der Waals surface area contributed by atoms with Gasteiger partial charge in [-0.15, -0.1) is 0 Å². The molecule has 2 nitrogen and oxygen atoms in total. The molecule has 0 spiro atoms. The SMILES string of the molecule is Fc1cccc(Cl)c1COc1ccc(Cl)cc1CNC1C2CC3CC(C2)CC1C3.